The number of carboxylic acids is 1. The number of carboxylic acid groups (broad SMARTS) is 1. The molecule has 0 bridgehead atoms. The molecule has 7 nitrogen and oxygen atoms in total. The zero-order chi connectivity index (χ0) is 27.4. The first-order valence-corrected chi connectivity index (χ1v) is 13.4. The Hall–Kier alpha value is -3.91. The van der Waals surface area contributed by atoms with Crippen LogP contribution in [-0.2, 0) is 11.4 Å². The van der Waals surface area contributed by atoms with Crippen molar-refractivity contribution in [1.29, 1.82) is 0 Å². The van der Waals surface area contributed by atoms with E-state index < -0.39 is 5.97 Å². The highest BCUT2D eigenvalue weighted by atomic mass is 19.1. The molecule has 1 N–H and O–H groups in total. The summed E-state index contributed by atoms with van der Waals surface area (Å²) >= 11 is 0. The van der Waals surface area contributed by atoms with Crippen LogP contribution in [0.25, 0.3) is 11.1 Å². The van der Waals surface area contributed by atoms with Crippen LogP contribution in [0.15, 0.2) is 65.8 Å². The lowest BCUT2D eigenvalue weighted by Gasteiger charge is -2.37. The van der Waals surface area contributed by atoms with Crippen LogP contribution in [-0.4, -0.2) is 53.6 Å². The predicted octanol–water partition coefficient (Wildman–Crippen LogP) is 6.15. The first-order chi connectivity index (χ1) is 18.9. The number of nitrogens with zero attached hydrogens (tertiary/aromatic N) is 2. The molecule has 2 aliphatic heterocycles. The van der Waals surface area contributed by atoms with Crippen LogP contribution in [0.5, 0.6) is 11.5 Å². The van der Waals surface area contributed by atoms with E-state index in [4.69, 9.17) is 19.4 Å². The lowest BCUT2D eigenvalue weighted by molar-refractivity contribution is -0.0627. The number of piperidine rings is 1. The van der Waals surface area contributed by atoms with E-state index >= 15 is 0 Å². The highest BCUT2D eigenvalue weighted by Gasteiger charge is 2.42. The van der Waals surface area contributed by atoms with Crippen molar-refractivity contribution in [3.63, 3.8) is 0 Å². The summed E-state index contributed by atoms with van der Waals surface area (Å²) in [5.74, 6) is 0.227. The van der Waals surface area contributed by atoms with Gasteiger partial charge < -0.3 is 19.4 Å². The predicted molar refractivity (Wildman–Crippen MR) is 147 cm³/mol. The Morgan fingerprint density at radius 2 is 1.56 bits per heavy atom. The maximum atomic E-state index is 13.6. The number of ether oxygens (including phenoxy) is 2. The molecule has 0 radical (unpaired) electrons. The summed E-state index contributed by atoms with van der Waals surface area (Å²) in [6.07, 6.45) is 2.40. The Kier molecular flexibility index (Phi) is 7.84. The van der Waals surface area contributed by atoms with Gasteiger partial charge in [-0.15, -0.1) is 0 Å². The molecule has 0 unspecified atom stereocenters. The van der Waals surface area contributed by atoms with E-state index in [2.05, 4.69) is 22.2 Å². The van der Waals surface area contributed by atoms with Crippen LogP contribution >= 0.6 is 0 Å². The van der Waals surface area contributed by atoms with Crippen molar-refractivity contribution in [2.75, 3.05) is 26.3 Å². The molecule has 3 aromatic carbocycles. The Bertz CT molecular complexity index is 1320. The molecule has 0 aromatic heterocycles. The molecule has 8 heteroatoms. The van der Waals surface area contributed by atoms with Crippen molar-refractivity contribution in [2.24, 2.45) is 5.16 Å². The average molecular weight is 533 g/mol. The summed E-state index contributed by atoms with van der Waals surface area (Å²) in [4.78, 5) is 19.5. The second kappa shape index (κ2) is 11.5. The molecule has 5 rings (SSSR count). The number of rotatable bonds is 9. The van der Waals surface area contributed by atoms with E-state index in [1.165, 1.54) is 12.1 Å². The summed E-state index contributed by atoms with van der Waals surface area (Å²) in [5.41, 5.74) is 4.46. The van der Waals surface area contributed by atoms with Crippen LogP contribution in [0.3, 0.4) is 0 Å². The van der Waals surface area contributed by atoms with Crippen molar-refractivity contribution < 1.29 is 28.6 Å². The number of hydrogen-bond acceptors (Lipinski definition) is 6. The third-order valence-electron chi connectivity index (χ3n) is 7.34. The Morgan fingerprint density at radius 1 is 0.974 bits per heavy atom. The standard InChI is InChI=1S/C31H33FN2O5/c1-3-37-27-17-21(18-28(38-4-2)29(27)23-9-11-25(32)12-10-23)20-34-15-13-31(14-16-34)19-26(33-39-31)22-5-7-24(8-6-22)30(35)36/h5-12,17-18H,3-4,13-16,19-20H2,1-2H3,(H,35,36). The summed E-state index contributed by atoms with van der Waals surface area (Å²) in [6, 6.07) is 17.3. The fourth-order valence-electron chi connectivity index (χ4n) is 5.30. The van der Waals surface area contributed by atoms with Crippen LogP contribution < -0.4 is 9.47 Å². The maximum Gasteiger partial charge on any atom is 0.335 e. The Morgan fingerprint density at radius 3 is 2.13 bits per heavy atom. The third-order valence-corrected chi connectivity index (χ3v) is 7.34. The highest BCUT2D eigenvalue weighted by Crippen LogP contribution is 2.41. The monoisotopic (exact) mass is 532 g/mol. The van der Waals surface area contributed by atoms with Crippen LogP contribution in [0, 0.1) is 5.82 Å². The van der Waals surface area contributed by atoms with Crippen molar-refractivity contribution in [3.05, 3.63) is 83.2 Å². The highest BCUT2D eigenvalue weighted by molar-refractivity contribution is 6.02. The van der Waals surface area contributed by atoms with Gasteiger partial charge in [0.15, 0.2) is 0 Å². The number of aromatic carboxylic acids is 1. The molecule has 39 heavy (non-hydrogen) atoms. The van der Waals surface area contributed by atoms with Gasteiger partial charge in [0.05, 0.1) is 30.1 Å². The summed E-state index contributed by atoms with van der Waals surface area (Å²) in [6.45, 7) is 7.36. The molecule has 0 saturated carbocycles. The first kappa shape index (κ1) is 26.7. The number of oxime groups is 1. The van der Waals surface area contributed by atoms with Gasteiger partial charge in [0, 0.05) is 38.9 Å². The lowest BCUT2D eigenvalue weighted by Crippen LogP contribution is -2.44. The van der Waals surface area contributed by atoms with Gasteiger partial charge >= 0.3 is 5.97 Å². The summed E-state index contributed by atoms with van der Waals surface area (Å²) in [7, 11) is 0. The fourth-order valence-corrected chi connectivity index (χ4v) is 5.30. The molecule has 1 saturated heterocycles. The Labute approximate surface area is 227 Å². The van der Waals surface area contributed by atoms with Gasteiger partial charge in [0.1, 0.15) is 22.9 Å². The molecule has 3 aromatic rings. The molecule has 2 aliphatic rings. The van der Waals surface area contributed by atoms with Gasteiger partial charge in [0.2, 0.25) is 0 Å². The molecule has 0 atom stereocenters. The second-order valence-corrected chi connectivity index (χ2v) is 9.99. The number of benzene rings is 3. The summed E-state index contributed by atoms with van der Waals surface area (Å²) in [5, 5.41) is 13.5. The quantitative estimate of drug-likeness (QED) is 0.356. The van der Waals surface area contributed by atoms with E-state index in [1.54, 1.807) is 36.4 Å². The molecular formula is C31H33FN2O5. The van der Waals surface area contributed by atoms with Gasteiger partial charge in [-0.1, -0.05) is 29.4 Å². The van der Waals surface area contributed by atoms with E-state index in [-0.39, 0.29) is 17.0 Å². The minimum atomic E-state index is -0.943. The summed E-state index contributed by atoms with van der Waals surface area (Å²) < 4.78 is 25.6. The largest absolute Gasteiger partial charge is 0.493 e. The van der Waals surface area contributed by atoms with Gasteiger partial charge in [0.25, 0.3) is 0 Å². The third kappa shape index (κ3) is 5.91. The van der Waals surface area contributed by atoms with Crippen LogP contribution in [0.4, 0.5) is 4.39 Å². The number of halogens is 1. The number of carbonyl (C=O) groups is 1. The van der Waals surface area contributed by atoms with Crippen LogP contribution in [0.2, 0.25) is 0 Å². The van der Waals surface area contributed by atoms with Crippen molar-refractivity contribution in [3.8, 4) is 22.6 Å². The average Bonchev–Trinajstić information content (AvgIpc) is 3.35. The smallest absolute Gasteiger partial charge is 0.335 e. The zero-order valence-corrected chi connectivity index (χ0v) is 22.3. The van der Waals surface area contributed by atoms with Crippen molar-refractivity contribution in [1.82, 2.24) is 4.90 Å². The molecule has 0 aliphatic carbocycles. The van der Waals surface area contributed by atoms with Gasteiger partial charge in [-0.05, 0) is 66.9 Å². The molecule has 204 valence electrons. The van der Waals surface area contributed by atoms with E-state index in [0.29, 0.717) is 19.6 Å². The van der Waals surface area contributed by atoms with Gasteiger partial charge in [-0.25, -0.2) is 9.18 Å². The lowest BCUT2D eigenvalue weighted by atomic mass is 9.85. The maximum absolute atomic E-state index is 13.6. The SMILES string of the molecule is CCOc1cc(CN2CCC3(CC2)CC(c2ccc(C(=O)O)cc2)=NO3)cc(OCC)c1-c1ccc(F)cc1. The minimum Gasteiger partial charge on any atom is -0.493 e. The van der Waals surface area contributed by atoms with E-state index in [9.17, 15) is 9.18 Å². The number of hydrogen-bond donors (Lipinski definition) is 1. The molecule has 0 amide bonds. The second-order valence-electron chi connectivity index (χ2n) is 9.99. The topological polar surface area (TPSA) is 80.6 Å². The van der Waals surface area contributed by atoms with Gasteiger partial charge in [-0.3, -0.25) is 4.90 Å². The zero-order valence-electron chi connectivity index (χ0n) is 22.3. The molecular weight excluding hydrogens is 499 g/mol. The minimum absolute atomic E-state index is 0.256. The fraction of sp³-hybridized carbons (Fsp3) is 0.355. The van der Waals surface area contributed by atoms with E-state index in [0.717, 1.165) is 71.9 Å². The van der Waals surface area contributed by atoms with Crippen molar-refractivity contribution >= 4 is 11.7 Å². The van der Waals surface area contributed by atoms with E-state index in [1.807, 2.05) is 13.8 Å². The molecule has 1 spiro atoms. The molecule has 1 fully saturated rings. The molecule has 2 heterocycles. The normalized spacial score (nSPS) is 16.5. The first-order valence-electron chi connectivity index (χ1n) is 13.4. The van der Waals surface area contributed by atoms with Crippen LogP contribution in [0.1, 0.15) is 54.6 Å². The Balaban J connectivity index is 1.27. The number of likely N-dealkylation sites (tertiary alicyclic amines) is 1. The van der Waals surface area contributed by atoms with Gasteiger partial charge in [-0.2, -0.15) is 0 Å². The van der Waals surface area contributed by atoms with Crippen molar-refractivity contribution in [2.45, 2.75) is 45.3 Å².